The van der Waals surface area contributed by atoms with Gasteiger partial charge in [-0.1, -0.05) is 54.6 Å². The summed E-state index contributed by atoms with van der Waals surface area (Å²) in [5.74, 6) is -0.561. The molecule has 0 heterocycles. The van der Waals surface area contributed by atoms with Gasteiger partial charge in [-0.15, -0.1) is 0 Å². The average molecular weight is 477 g/mol. The molecule has 35 heavy (non-hydrogen) atoms. The second-order valence-electron chi connectivity index (χ2n) is 9.64. The first-order chi connectivity index (χ1) is 16.6. The van der Waals surface area contributed by atoms with E-state index in [0.29, 0.717) is 12.2 Å². The van der Waals surface area contributed by atoms with Gasteiger partial charge in [-0.2, -0.15) is 0 Å². The van der Waals surface area contributed by atoms with Crippen molar-refractivity contribution in [1.29, 1.82) is 0 Å². The lowest BCUT2D eigenvalue weighted by molar-refractivity contribution is -0.143. The summed E-state index contributed by atoms with van der Waals surface area (Å²) in [4.78, 5) is 28.6. The van der Waals surface area contributed by atoms with Crippen LogP contribution in [0, 0.1) is 12.7 Å². The van der Waals surface area contributed by atoms with Crippen molar-refractivity contribution in [3.05, 3.63) is 101 Å². The molecule has 6 heteroatoms. The average Bonchev–Trinajstić information content (AvgIpc) is 2.81. The standard InChI is InChI=1S/C29H33FN2O3/c1-21-10-8-9-13-23(21)19-32(27(33)20-35-25-16-14-24(30)15-17-25)26(28(34)31-29(2,3)4)18-22-11-6-5-7-12-22/h5-17,26H,18-20H2,1-4H3,(H,31,34)/t26-/m0/s1. The van der Waals surface area contributed by atoms with Gasteiger partial charge in [0.2, 0.25) is 5.91 Å². The van der Waals surface area contributed by atoms with Crippen LogP contribution in [0.2, 0.25) is 0 Å². The number of benzene rings is 3. The van der Waals surface area contributed by atoms with Crippen molar-refractivity contribution < 1.29 is 18.7 Å². The molecular formula is C29H33FN2O3. The van der Waals surface area contributed by atoms with Crippen molar-refractivity contribution in [2.75, 3.05) is 6.61 Å². The summed E-state index contributed by atoms with van der Waals surface area (Å²) in [6.45, 7) is 7.70. The molecular weight excluding hydrogens is 443 g/mol. The van der Waals surface area contributed by atoms with Crippen LogP contribution in [-0.4, -0.2) is 34.9 Å². The monoisotopic (exact) mass is 476 g/mol. The van der Waals surface area contributed by atoms with Gasteiger partial charge in [-0.05, 0) is 68.7 Å². The number of carbonyl (C=O) groups is 2. The molecule has 0 fully saturated rings. The van der Waals surface area contributed by atoms with Crippen molar-refractivity contribution in [3.63, 3.8) is 0 Å². The zero-order valence-electron chi connectivity index (χ0n) is 20.8. The number of carbonyl (C=O) groups excluding carboxylic acids is 2. The number of hydrogen-bond acceptors (Lipinski definition) is 3. The molecule has 3 aromatic rings. The fourth-order valence-corrected chi connectivity index (χ4v) is 3.74. The Kier molecular flexibility index (Phi) is 8.63. The highest BCUT2D eigenvalue weighted by Crippen LogP contribution is 2.19. The maximum atomic E-state index is 13.5. The Morgan fingerprint density at radius 3 is 2.20 bits per heavy atom. The predicted molar refractivity (Wildman–Crippen MR) is 135 cm³/mol. The lowest BCUT2D eigenvalue weighted by Gasteiger charge is -2.34. The number of amides is 2. The SMILES string of the molecule is Cc1ccccc1CN(C(=O)COc1ccc(F)cc1)[C@@H](Cc1ccccc1)C(=O)NC(C)(C)C. The van der Waals surface area contributed by atoms with Crippen molar-refractivity contribution in [2.24, 2.45) is 0 Å². The molecule has 1 N–H and O–H groups in total. The quantitative estimate of drug-likeness (QED) is 0.469. The Labute approximate surface area is 206 Å². The van der Waals surface area contributed by atoms with E-state index < -0.39 is 11.6 Å². The molecule has 1 atom stereocenters. The van der Waals surface area contributed by atoms with E-state index in [-0.39, 0.29) is 30.8 Å². The molecule has 0 bridgehead atoms. The van der Waals surface area contributed by atoms with Crippen LogP contribution in [0.25, 0.3) is 0 Å². The lowest BCUT2D eigenvalue weighted by atomic mass is 10.00. The van der Waals surface area contributed by atoms with Crippen molar-refractivity contribution in [2.45, 2.75) is 52.2 Å². The maximum absolute atomic E-state index is 13.5. The molecule has 3 rings (SSSR count). The van der Waals surface area contributed by atoms with E-state index in [1.54, 1.807) is 4.90 Å². The third-order valence-electron chi connectivity index (χ3n) is 5.55. The molecule has 2 amide bonds. The zero-order valence-corrected chi connectivity index (χ0v) is 20.8. The normalized spacial score (nSPS) is 12.0. The smallest absolute Gasteiger partial charge is 0.261 e. The van der Waals surface area contributed by atoms with E-state index in [4.69, 9.17) is 4.74 Å². The summed E-state index contributed by atoms with van der Waals surface area (Å²) in [5, 5.41) is 3.04. The Morgan fingerprint density at radius 2 is 1.57 bits per heavy atom. The van der Waals surface area contributed by atoms with E-state index in [2.05, 4.69) is 5.32 Å². The summed E-state index contributed by atoms with van der Waals surface area (Å²) < 4.78 is 18.9. The second kappa shape index (κ2) is 11.6. The number of rotatable bonds is 9. The topological polar surface area (TPSA) is 58.6 Å². The number of nitrogens with zero attached hydrogens (tertiary/aromatic N) is 1. The Bertz CT molecular complexity index is 1120. The highest BCUT2D eigenvalue weighted by atomic mass is 19.1. The summed E-state index contributed by atoms with van der Waals surface area (Å²) >= 11 is 0. The molecule has 0 aliphatic carbocycles. The molecule has 5 nitrogen and oxygen atoms in total. The third-order valence-corrected chi connectivity index (χ3v) is 5.55. The van der Waals surface area contributed by atoms with Crippen LogP contribution in [0.1, 0.15) is 37.5 Å². The molecule has 3 aromatic carbocycles. The van der Waals surface area contributed by atoms with E-state index in [0.717, 1.165) is 16.7 Å². The van der Waals surface area contributed by atoms with Crippen LogP contribution < -0.4 is 10.1 Å². The van der Waals surface area contributed by atoms with Crippen LogP contribution in [0.15, 0.2) is 78.9 Å². The number of hydrogen-bond donors (Lipinski definition) is 1. The fraction of sp³-hybridized carbons (Fsp3) is 0.310. The molecule has 0 radical (unpaired) electrons. The van der Waals surface area contributed by atoms with E-state index >= 15 is 0 Å². The van der Waals surface area contributed by atoms with Crippen LogP contribution in [0.3, 0.4) is 0 Å². The summed E-state index contributed by atoms with van der Waals surface area (Å²) in [6, 6.07) is 22.2. The Balaban J connectivity index is 1.93. The van der Waals surface area contributed by atoms with Gasteiger partial charge in [-0.3, -0.25) is 9.59 Å². The van der Waals surface area contributed by atoms with Crippen molar-refractivity contribution in [3.8, 4) is 5.75 Å². The maximum Gasteiger partial charge on any atom is 0.261 e. The van der Waals surface area contributed by atoms with Gasteiger partial charge in [-0.25, -0.2) is 4.39 Å². The Morgan fingerprint density at radius 1 is 0.943 bits per heavy atom. The largest absolute Gasteiger partial charge is 0.484 e. The van der Waals surface area contributed by atoms with Crippen molar-refractivity contribution >= 4 is 11.8 Å². The van der Waals surface area contributed by atoms with E-state index in [1.807, 2.05) is 82.3 Å². The van der Waals surface area contributed by atoms with Crippen LogP contribution in [-0.2, 0) is 22.6 Å². The van der Waals surface area contributed by atoms with Crippen LogP contribution in [0.4, 0.5) is 4.39 Å². The highest BCUT2D eigenvalue weighted by Gasteiger charge is 2.32. The molecule has 0 aliphatic rings. The van der Waals surface area contributed by atoms with E-state index in [9.17, 15) is 14.0 Å². The summed E-state index contributed by atoms with van der Waals surface area (Å²) in [7, 11) is 0. The first kappa shape index (κ1) is 25.9. The van der Waals surface area contributed by atoms with Gasteiger partial charge in [0.25, 0.3) is 5.91 Å². The fourth-order valence-electron chi connectivity index (χ4n) is 3.74. The van der Waals surface area contributed by atoms with Crippen LogP contribution >= 0.6 is 0 Å². The van der Waals surface area contributed by atoms with Gasteiger partial charge in [0.05, 0.1) is 0 Å². The highest BCUT2D eigenvalue weighted by molar-refractivity contribution is 5.89. The molecule has 0 aromatic heterocycles. The number of ether oxygens (including phenoxy) is 1. The number of nitrogens with one attached hydrogen (secondary N) is 1. The minimum Gasteiger partial charge on any atom is -0.484 e. The zero-order chi connectivity index (χ0) is 25.4. The van der Waals surface area contributed by atoms with Crippen LogP contribution in [0.5, 0.6) is 5.75 Å². The molecule has 0 saturated carbocycles. The first-order valence-electron chi connectivity index (χ1n) is 11.7. The summed E-state index contributed by atoms with van der Waals surface area (Å²) in [5.41, 5.74) is 2.46. The van der Waals surface area contributed by atoms with Gasteiger partial charge in [0.1, 0.15) is 17.6 Å². The molecule has 0 aliphatic heterocycles. The molecule has 184 valence electrons. The number of halogens is 1. The lowest BCUT2D eigenvalue weighted by Crippen LogP contribution is -2.55. The van der Waals surface area contributed by atoms with E-state index in [1.165, 1.54) is 24.3 Å². The first-order valence-corrected chi connectivity index (χ1v) is 11.7. The third kappa shape index (κ3) is 7.95. The van der Waals surface area contributed by atoms with Crippen molar-refractivity contribution in [1.82, 2.24) is 10.2 Å². The van der Waals surface area contributed by atoms with Gasteiger partial charge >= 0.3 is 0 Å². The second-order valence-corrected chi connectivity index (χ2v) is 9.64. The number of aryl methyl sites for hydroxylation is 1. The molecule has 0 unspecified atom stereocenters. The van der Waals surface area contributed by atoms with Gasteiger partial charge in [0.15, 0.2) is 6.61 Å². The minimum atomic E-state index is -0.749. The summed E-state index contributed by atoms with van der Waals surface area (Å²) in [6.07, 6.45) is 0.358. The van der Waals surface area contributed by atoms with Gasteiger partial charge < -0.3 is 15.0 Å². The minimum absolute atomic E-state index is 0.231. The Hall–Kier alpha value is -3.67. The molecule has 0 spiro atoms. The molecule has 0 saturated heterocycles. The predicted octanol–water partition coefficient (Wildman–Crippen LogP) is 5.07. The van der Waals surface area contributed by atoms with Gasteiger partial charge in [0, 0.05) is 18.5 Å².